The third-order valence-corrected chi connectivity index (χ3v) is 6.15. The molecule has 1 atom stereocenters. The monoisotopic (exact) mass is 465 g/mol. The van der Waals surface area contributed by atoms with Gasteiger partial charge in [-0.3, -0.25) is 4.79 Å². The van der Waals surface area contributed by atoms with Gasteiger partial charge in [0.25, 0.3) is 5.91 Å². The zero-order chi connectivity index (χ0) is 22.9. The molecule has 1 fully saturated rings. The molecule has 33 heavy (non-hydrogen) atoms. The number of benzene rings is 2. The Morgan fingerprint density at radius 2 is 2.00 bits per heavy atom. The van der Waals surface area contributed by atoms with Crippen LogP contribution in [0.1, 0.15) is 40.7 Å². The quantitative estimate of drug-likeness (QED) is 0.422. The highest BCUT2D eigenvalue weighted by atomic mass is 35.5. The third kappa shape index (κ3) is 4.14. The van der Waals surface area contributed by atoms with Gasteiger partial charge >= 0.3 is 0 Å². The van der Waals surface area contributed by atoms with Gasteiger partial charge in [0, 0.05) is 18.7 Å². The lowest BCUT2D eigenvalue weighted by molar-refractivity contribution is 0.0695. The highest BCUT2D eigenvalue weighted by molar-refractivity contribution is 6.33. The molecule has 3 heterocycles. The Labute approximate surface area is 194 Å². The first-order valence-corrected chi connectivity index (χ1v) is 11.1. The van der Waals surface area contributed by atoms with E-state index >= 15 is 0 Å². The SMILES string of the molecule is Cc1nn(-c2ccccc2)c(Cl)c1C(=O)N1CCCC(c2nc(-c3cccc(F)c3)no2)C1. The molecule has 0 saturated carbocycles. The first kappa shape index (κ1) is 21.3. The largest absolute Gasteiger partial charge is 0.339 e. The Morgan fingerprint density at radius 3 is 2.79 bits per heavy atom. The van der Waals surface area contributed by atoms with Crippen molar-refractivity contribution in [3.63, 3.8) is 0 Å². The van der Waals surface area contributed by atoms with Crippen LogP contribution in [0.2, 0.25) is 5.15 Å². The maximum Gasteiger partial charge on any atom is 0.258 e. The van der Waals surface area contributed by atoms with Crippen LogP contribution in [0.5, 0.6) is 0 Å². The molecule has 0 spiro atoms. The normalized spacial score (nSPS) is 16.2. The molecule has 0 N–H and O–H groups in total. The molecule has 0 aliphatic carbocycles. The van der Waals surface area contributed by atoms with Crippen LogP contribution in [0, 0.1) is 12.7 Å². The fourth-order valence-electron chi connectivity index (χ4n) is 4.15. The first-order valence-electron chi connectivity index (χ1n) is 10.7. The Morgan fingerprint density at radius 1 is 1.18 bits per heavy atom. The number of aromatic nitrogens is 4. The standard InChI is InChI=1S/C24H21ClFN5O2/c1-15-20(21(25)31(28-15)19-10-3-2-4-11-19)24(32)30-12-6-8-17(14-30)23-27-22(29-33-23)16-7-5-9-18(26)13-16/h2-5,7,9-11,13,17H,6,8,12,14H2,1H3. The molecule has 9 heteroatoms. The number of amides is 1. The van der Waals surface area contributed by atoms with Gasteiger partial charge in [0.2, 0.25) is 11.7 Å². The van der Waals surface area contributed by atoms with Crippen LogP contribution in [-0.2, 0) is 0 Å². The number of hydrogen-bond acceptors (Lipinski definition) is 5. The first-order chi connectivity index (χ1) is 16.0. The number of carbonyl (C=O) groups is 1. The lowest BCUT2D eigenvalue weighted by Gasteiger charge is -2.31. The van der Waals surface area contributed by atoms with Crippen molar-refractivity contribution in [2.24, 2.45) is 0 Å². The van der Waals surface area contributed by atoms with Crippen molar-refractivity contribution >= 4 is 17.5 Å². The minimum absolute atomic E-state index is 0.110. The summed E-state index contributed by atoms with van der Waals surface area (Å²) >= 11 is 6.60. The second-order valence-corrected chi connectivity index (χ2v) is 8.41. The molecule has 2 aromatic heterocycles. The molecule has 0 radical (unpaired) electrons. The number of hydrogen-bond donors (Lipinski definition) is 0. The molecular weight excluding hydrogens is 445 g/mol. The van der Waals surface area contributed by atoms with Crippen molar-refractivity contribution in [3.8, 4) is 17.1 Å². The van der Waals surface area contributed by atoms with E-state index in [1.54, 1.807) is 28.6 Å². The van der Waals surface area contributed by atoms with Crippen LogP contribution >= 0.6 is 11.6 Å². The Balaban J connectivity index is 1.37. The van der Waals surface area contributed by atoms with Crippen molar-refractivity contribution in [2.45, 2.75) is 25.7 Å². The van der Waals surface area contributed by atoms with Gasteiger partial charge in [-0.15, -0.1) is 0 Å². The smallest absolute Gasteiger partial charge is 0.258 e. The van der Waals surface area contributed by atoms with E-state index in [4.69, 9.17) is 16.1 Å². The molecule has 1 saturated heterocycles. The van der Waals surface area contributed by atoms with Crippen molar-refractivity contribution < 1.29 is 13.7 Å². The molecule has 1 aliphatic rings. The molecule has 168 valence electrons. The highest BCUT2D eigenvalue weighted by Gasteiger charge is 2.32. The number of carbonyl (C=O) groups excluding carboxylic acids is 1. The Hall–Kier alpha value is -3.52. The third-order valence-electron chi connectivity index (χ3n) is 5.80. The summed E-state index contributed by atoms with van der Waals surface area (Å²) in [7, 11) is 0. The molecule has 1 unspecified atom stereocenters. The van der Waals surface area contributed by atoms with Crippen LogP contribution in [0.25, 0.3) is 17.1 Å². The molecular formula is C24H21ClFN5O2. The van der Waals surface area contributed by atoms with Crippen LogP contribution in [0.15, 0.2) is 59.1 Å². The fourth-order valence-corrected chi connectivity index (χ4v) is 4.50. The van der Waals surface area contributed by atoms with E-state index in [0.717, 1.165) is 18.5 Å². The minimum Gasteiger partial charge on any atom is -0.339 e. The Bertz CT molecular complexity index is 1300. The topological polar surface area (TPSA) is 77.1 Å². The molecule has 5 rings (SSSR count). The van der Waals surface area contributed by atoms with E-state index in [2.05, 4.69) is 15.2 Å². The van der Waals surface area contributed by atoms with E-state index in [1.807, 2.05) is 30.3 Å². The van der Waals surface area contributed by atoms with Gasteiger partial charge in [-0.2, -0.15) is 10.1 Å². The second-order valence-electron chi connectivity index (χ2n) is 8.06. The minimum atomic E-state index is -0.364. The molecule has 4 aromatic rings. The van der Waals surface area contributed by atoms with Crippen molar-refractivity contribution in [1.82, 2.24) is 24.8 Å². The predicted molar refractivity (Wildman–Crippen MR) is 121 cm³/mol. The van der Waals surface area contributed by atoms with Crippen molar-refractivity contribution in [2.75, 3.05) is 13.1 Å². The van der Waals surface area contributed by atoms with Crippen LogP contribution in [0.4, 0.5) is 4.39 Å². The zero-order valence-electron chi connectivity index (χ0n) is 17.9. The second kappa shape index (κ2) is 8.78. The van der Waals surface area contributed by atoms with Gasteiger partial charge < -0.3 is 9.42 Å². The highest BCUT2D eigenvalue weighted by Crippen LogP contribution is 2.31. The van der Waals surface area contributed by atoms with Crippen LogP contribution in [0.3, 0.4) is 0 Å². The number of likely N-dealkylation sites (tertiary alicyclic amines) is 1. The number of halogens is 2. The summed E-state index contributed by atoms with van der Waals surface area (Å²) < 4.78 is 20.6. The van der Waals surface area contributed by atoms with Crippen molar-refractivity contribution in [1.29, 1.82) is 0 Å². The van der Waals surface area contributed by atoms with Gasteiger partial charge in [0.15, 0.2) is 0 Å². The number of rotatable bonds is 4. The average Bonchev–Trinajstić information content (AvgIpc) is 3.44. The number of nitrogens with zero attached hydrogens (tertiary/aromatic N) is 5. The Kier molecular flexibility index (Phi) is 5.68. The maximum absolute atomic E-state index is 13.5. The van der Waals surface area contributed by atoms with Gasteiger partial charge in [0.1, 0.15) is 11.0 Å². The number of para-hydroxylation sites is 1. The summed E-state index contributed by atoms with van der Waals surface area (Å²) in [6.45, 7) is 2.81. The van der Waals surface area contributed by atoms with E-state index in [-0.39, 0.29) is 22.8 Å². The van der Waals surface area contributed by atoms with Gasteiger partial charge in [0.05, 0.1) is 22.9 Å². The van der Waals surface area contributed by atoms with Crippen molar-refractivity contribution in [3.05, 3.63) is 82.7 Å². The molecule has 1 amide bonds. The average molecular weight is 466 g/mol. The van der Waals surface area contributed by atoms with E-state index in [0.29, 0.717) is 41.6 Å². The summed E-state index contributed by atoms with van der Waals surface area (Å²) in [6.07, 6.45) is 1.60. The van der Waals surface area contributed by atoms with Gasteiger partial charge in [-0.1, -0.05) is 47.1 Å². The van der Waals surface area contributed by atoms with E-state index < -0.39 is 0 Å². The molecule has 2 aromatic carbocycles. The number of aryl methyl sites for hydroxylation is 1. The fraction of sp³-hybridized carbons (Fsp3) is 0.250. The predicted octanol–water partition coefficient (Wildman–Crippen LogP) is 5.04. The lowest BCUT2D eigenvalue weighted by Crippen LogP contribution is -2.39. The summed E-state index contributed by atoms with van der Waals surface area (Å²) in [6, 6.07) is 15.5. The molecule has 1 aliphatic heterocycles. The summed E-state index contributed by atoms with van der Waals surface area (Å²) in [5.41, 5.74) is 2.30. The van der Waals surface area contributed by atoms with Gasteiger partial charge in [-0.25, -0.2) is 9.07 Å². The zero-order valence-corrected chi connectivity index (χ0v) is 18.7. The summed E-state index contributed by atoms with van der Waals surface area (Å²) in [4.78, 5) is 19.6. The number of piperidine rings is 1. The van der Waals surface area contributed by atoms with Crippen LogP contribution < -0.4 is 0 Å². The summed E-state index contributed by atoms with van der Waals surface area (Å²) in [5.74, 6) is 0.122. The van der Waals surface area contributed by atoms with Crippen LogP contribution in [-0.4, -0.2) is 43.8 Å². The van der Waals surface area contributed by atoms with Gasteiger partial charge in [-0.05, 0) is 44.0 Å². The summed E-state index contributed by atoms with van der Waals surface area (Å²) in [5, 5.41) is 8.78. The molecule has 7 nitrogen and oxygen atoms in total. The van der Waals surface area contributed by atoms with E-state index in [1.165, 1.54) is 12.1 Å². The maximum atomic E-state index is 13.5. The van der Waals surface area contributed by atoms with E-state index in [9.17, 15) is 9.18 Å². The lowest BCUT2D eigenvalue weighted by atomic mass is 9.97. The molecule has 0 bridgehead atoms.